The summed E-state index contributed by atoms with van der Waals surface area (Å²) >= 11 is 1.82. The molecule has 70 valence electrons. The molecule has 1 fully saturated rings. The maximum Gasteiger partial charge on any atom is 0.0581 e. The standard InChI is InChI=1S/C11H14OS/c1-9-2-4-10(5-3-9)13-11(8-12)6-7-11/h2-5,12H,6-8H2,1H3. The normalized spacial score (nSPS) is 18.6. The third-order valence-corrected chi connectivity index (χ3v) is 3.93. The molecule has 0 unspecified atom stereocenters. The van der Waals surface area contributed by atoms with Gasteiger partial charge in [-0.15, -0.1) is 11.8 Å². The van der Waals surface area contributed by atoms with Crippen LogP contribution in [-0.2, 0) is 0 Å². The van der Waals surface area contributed by atoms with E-state index in [1.54, 1.807) is 0 Å². The summed E-state index contributed by atoms with van der Waals surface area (Å²) in [6.45, 7) is 2.40. The smallest absolute Gasteiger partial charge is 0.0581 e. The second kappa shape index (κ2) is 3.35. The molecule has 0 aromatic heterocycles. The molecule has 1 N–H and O–H groups in total. The van der Waals surface area contributed by atoms with Crippen molar-refractivity contribution in [2.75, 3.05) is 6.61 Å². The summed E-state index contributed by atoms with van der Waals surface area (Å²) in [5.74, 6) is 0. The summed E-state index contributed by atoms with van der Waals surface area (Å²) in [4.78, 5) is 1.28. The Balaban J connectivity index is 2.06. The second-order valence-corrected chi connectivity index (χ2v) is 5.30. The third-order valence-electron chi connectivity index (χ3n) is 2.45. The first-order chi connectivity index (χ1) is 6.24. The van der Waals surface area contributed by atoms with Gasteiger partial charge in [-0.05, 0) is 31.9 Å². The van der Waals surface area contributed by atoms with E-state index in [1.807, 2.05) is 11.8 Å². The zero-order valence-electron chi connectivity index (χ0n) is 7.79. The summed E-state index contributed by atoms with van der Waals surface area (Å²) in [7, 11) is 0. The van der Waals surface area contributed by atoms with Gasteiger partial charge in [0, 0.05) is 9.64 Å². The lowest BCUT2D eigenvalue weighted by Crippen LogP contribution is -2.07. The first-order valence-electron chi connectivity index (χ1n) is 4.61. The number of thioether (sulfide) groups is 1. The van der Waals surface area contributed by atoms with Crippen molar-refractivity contribution in [3.63, 3.8) is 0 Å². The van der Waals surface area contributed by atoms with E-state index < -0.39 is 0 Å². The van der Waals surface area contributed by atoms with E-state index in [0.29, 0.717) is 6.61 Å². The summed E-state index contributed by atoms with van der Waals surface area (Å²) in [6, 6.07) is 8.51. The van der Waals surface area contributed by atoms with Gasteiger partial charge in [0.1, 0.15) is 0 Å². The summed E-state index contributed by atoms with van der Waals surface area (Å²) in [6.07, 6.45) is 2.31. The Morgan fingerprint density at radius 3 is 2.38 bits per heavy atom. The van der Waals surface area contributed by atoms with E-state index in [9.17, 15) is 0 Å². The highest BCUT2D eigenvalue weighted by atomic mass is 32.2. The van der Waals surface area contributed by atoms with Crippen molar-refractivity contribution >= 4 is 11.8 Å². The van der Waals surface area contributed by atoms with Crippen LogP contribution in [0.15, 0.2) is 29.2 Å². The first-order valence-corrected chi connectivity index (χ1v) is 5.42. The SMILES string of the molecule is Cc1ccc(SC2(CO)CC2)cc1. The van der Waals surface area contributed by atoms with Crippen molar-refractivity contribution in [3.05, 3.63) is 29.8 Å². The number of rotatable bonds is 3. The fraction of sp³-hybridized carbons (Fsp3) is 0.455. The number of aliphatic hydroxyl groups excluding tert-OH is 1. The maximum absolute atomic E-state index is 9.15. The minimum Gasteiger partial charge on any atom is -0.395 e. The molecule has 1 aromatic carbocycles. The highest BCUT2D eigenvalue weighted by Gasteiger charge is 2.42. The Morgan fingerprint density at radius 1 is 1.31 bits per heavy atom. The maximum atomic E-state index is 9.15. The number of benzene rings is 1. The fourth-order valence-corrected chi connectivity index (χ4v) is 2.43. The van der Waals surface area contributed by atoms with Crippen molar-refractivity contribution in [1.29, 1.82) is 0 Å². The Kier molecular flexibility index (Phi) is 2.35. The molecule has 1 nitrogen and oxygen atoms in total. The van der Waals surface area contributed by atoms with Gasteiger partial charge in [-0.2, -0.15) is 0 Å². The van der Waals surface area contributed by atoms with Crippen molar-refractivity contribution in [3.8, 4) is 0 Å². The van der Waals surface area contributed by atoms with Gasteiger partial charge < -0.3 is 5.11 Å². The molecule has 0 radical (unpaired) electrons. The summed E-state index contributed by atoms with van der Waals surface area (Å²) in [5.41, 5.74) is 1.29. The first kappa shape index (κ1) is 9.10. The zero-order valence-corrected chi connectivity index (χ0v) is 8.60. The average Bonchev–Trinajstić information content (AvgIpc) is 2.90. The van der Waals surface area contributed by atoms with Crippen LogP contribution in [-0.4, -0.2) is 16.5 Å². The minimum absolute atomic E-state index is 0.162. The van der Waals surface area contributed by atoms with Gasteiger partial charge in [-0.3, -0.25) is 0 Å². The van der Waals surface area contributed by atoms with Gasteiger partial charge in [0.15, 0.2) is 0 Å². The minimum atomic E-state index is 0.162. The van der Waals surface area contributed by atoms with Crippen molar-refractivity contribution in [1.82, 2.24) is 0 Å². The van der Waals surface area contributed by atoms with Crippen molar-refractivity contribution in [2.24, 2.45) is 0 Å². The van der Waals surface area contributed by atoms with Gasteiger partial charge in [0.05, 0.1) is 6.61 Å². The molecule has 1 aromatic rings. The van der Waals surface area contributed by atoms with E-state index in [0.717, 1.165) is 12.8 Å². The van der Waals surface area contributed by atoms with Crippen LogP contribution in [0.5, 0.6) is 0 Å². The Bertz CT molecular complexity index is 287. The van der Waals surface area contributed by atoms with Crippen LogP contribution in [0.1, 0.15) is 18.4 Å². The molecule has 2 heteroatoms. The molecule has 1 aliphatic carbocycles. The summed E-state index contributed by atoms with van der Waals surface area (Å²) in [5, 5.41) is 9.15. The van der Waals surface area contributed by atoms with Gasteiger partial charge >= 0.3 is 0 Å². The lowest BCUT2D eigenvalue weighted by molar-refractivity contribution is 0.289. The van der Waals surface area contributed by atoms with E-state index in [1.165, 1.54) is 10.5 Å². The Morgan fingerprint density at radius 2 is 1.92 bits per heavy atom. The predicted molar refractivity (Wildman–Crippen MR) is 56.1 cm³/mol. The van der Waals surface area contributed by atoms with Gasteiger partial charge in [0.2, 0.25) is 0 Å². The molecule has 13 heavy (non-hydrogen) atoms. The number of aryl methyl sites for hydroxylation is 1. The van der Waals surface area contributed by atoms with Crippen LogP contribution in [0.25, 0.3) is 0 Å². The van der Waals surface area contributed by atoms with E-state index in [2.05, 4.69) is 31.2 Å². The Hall–Kier alpha value is -0.470. The van der Waals surface area contributed by atoms with Crippen molar-refractivity contribution in [2.45, 2.75) is 29.4 Å². The lowest BCUT2D eigenvalue weighted by Gasteiger charge is -2.10. The molecule has 0 bridgehead atoms. The molecule has 2 rings (SSSR count). The molecule has 0 spiro atoms. The number of hydrogen-bond donors (Lipinski definition) is 1. The zero-order chi connectivity index (χ0) is 9.31. The number of hydrogen-bond acceptors (Lipinski definition) is 2. The molecule has 0 aliphatic heterocycles. The van der Waals surface area contributed by atoms with Crippen LogP contribution in [0.2, 0.25) is 0 Å². The summed E-state index contributed by atoms with van der Waals surface area (Å²) < 4.78 is 0.162. The van der Waals surface area contributed by atoms with E-state index >= 15 is 0 Å². The largest absolute Gasteiger partial charge is 0.395 e. The number of aliphatic hydroxyl groups is 1. The third kappa shape index (κ3) is 2.06. The monoisotopic (exact) mass is 194 g/mol. The molecule has 0 atom stereocenters. The van der Waals surface area contributed by atoms with E-state index in [-0.39, 0.29) is 4.75 Å². The van der Waals surface area contributed by atoms with Crippen molar-refractivity contribution < 1.29 is 5.11 Å². The van der Waals surface area contributed by atoms with Crippen LogP contribution >= 0.6 is 11.8 Å². The average molecular weight is 194 g/mol. The van der Waals surface area contributed by atoms with Crippen LogP contribution in [0.3, 0.4) is 0 Å². The molecule has 0 amide bonds. The molecule has 1 saturated carbocycles. The highest BCUT2D eigenvalue weighted by molar-refractivity contribution is 8.01. The second-order valence-electron chi connectivity index (χ2n) is 3.76. The van der Waals surface area contributed by atoms with Crippen LogP contribution in [0.4, 0.5) is 0 Å². The molecule has 0 heterocycles. The molecular formula is C11H14OS. The highest BCUT2D eigenvalue weighted by Crippen LogP contribution is 2.51. The fourth-order valence-electron chi connectivity index (χ4n) is 1.29. The topological polar surface area (TPSA) is 20.2 Å². The molecule has 0 saturated heterocycles. The predicted octanol–water partition coefficient (Wildman–Crippen LogP) is 2.61. The van der Waals surface area contributed by atoms with Gasteiger partial charge in [-0.25, -0.2) is 0 Å². The molecular weight excluding hydrogens is 180 g/mol. The quantitative estimate of drug-likeness (QED) is 0.798. The van der Waals surface area contributed by atoms with Gasteiger partial charge in [0.25, 0.3) is 0 Å². The van der Waals surface area contributed by atoms with Gasteiger partial charge in [-0.1, -0.05) is 17.7 Å². The van der Waals surface area contributed by atoms with Crippen LogP contribution < -0.4 is 0 Å². The molecule has 1 aliphatic rings. The lowest BCUT2D eigenvalue weighted by atomic mass is 10.2. The Labute approximate surface area is 83.2 Å². The van der Waals surface area contributed by atoms with Crippen LogP contribution in [0, 0.1) is 6.92 Å². The van der Waals surface area contributed by atoms with E-state index in [4.69, 9.17) is 5.11 Å².